The molecular formula is C11H9F5O2. The van der Waals surface area contributed by atoms with Gasteiger partial charge >= 0.3 is 5.97 Å². The van der Waals surface area contributed by atoms with E-state index in [1.165, 1.54) is 0 Å². The first-order valence-corrected chi connectivity index (χ1v) is 4.83. The summed E-state index contributed by atoms with van der Waals surface area (Å²) in [5.41, 5.74) is -2.85. The summed E-state index contributed by atoms with van der Waals surface area (Å²) >= 11 is 0. The molecule has 0 saturated carbocycles. The smallest absolute Gasteiger partial charge is 0.304 e. The Bertz CT molecular complexity index is 482. The number of halogens is 5. The Hall–Kier alpha value is -1.66. The molecule has 1 aromatic carbocycles. The molecule has 0 amide bonds. The van der Waals surface area contributed by atoms with Gasteiger partial charge in [-0.15, -0.1) is 0 Å². The van der Waals surface area contributed by atoms with Crippen LogP contribution in [0.4, 0.5) is 22.0 Å². The van der Waals surface area contributed by atoms with Crippen molar-refractivity contribution in [1.29, 1.82) is 0 Å². The Labute approximate surface area is 99.0 Å². The van der Waals surface area contributed by atoms with Crippen LogP contribution in [-0.2, 0) is 10.2 Å². The Morgan fingerprint density at radius 1 is 0.944 bits per heavy atom. The van der Waals surface area contributed by atoms with Gasteiger partial charge in [-0.05, 0) is 0 Å². The van der Waals surface area contributed by atoms with Crippen LogP contribution in [0.5, 0.6) is 0 Å². The maximum Gasteiger partial charge on any atom is 0.304 e. The summed E-state index contributed by atoms with van der Waals surface area (Å²) in [6.07, 6.45) is -0.772. The fourth-order valence-electron chi connectivity index (χ4n) is 1.67. The molecule has 0 aliphatic rings. The van der Waals surface area contributed by atoms with Crippen molar-refractivity contribution in [3.63, 3.8) is 0 Å². The number of aliphatic carboxylic acids is 1. The monoisotopic (exact) mass is 268 g/mol. The van der Waals surface area contributed by atoms with E-state index in [0.29, 0.717) is 0 Å². The Morgan fingerprint density at radius 3 is 1.61 bits per heavy atom. The Morgan fingerprint density at radius 2 is 1.28 bits per heavy atom. The average molecular weight is 268 g/mol. The minimum atomic E-state index is -2.26. The van der Waals surface area contributed by atoms with Crippen LogP contribution in [0.25, 0.3) is 0 Å². The minimum absolute atomic E-state index is 0.772. The second-order valence-electron chi connectivity index (χ2n) is 4.40. The molecule has 0 atom stereocenters. The summed E-state index contributed by atoms with van der Waals surface area (Å²) in [6.45, 7) is 2.17. The van der Waals surface area contributed by atoms with Gasteiger partial charge in [-0.1, -0.05) is 13.8 Å². The molecule has 0 fully saturated rings. The molecule has 0 aromatic heterocycles. The summed E-state index contributed by atoms with van der Waals surface area (Å²) in [6, 6.07) is 0. The van der Waals surface area contributed by atoms with Crippen molar-refractivity contribution < 1.29 is 31.9 Å². The molecule has 100 valence electrons. The molecule has 0 aliphatic heterocycles. The molecule has 1 rings (SSSR count). The molecule has 0 aliphatic carbocycles. The van der Waals surface area contributed by atoms with Crippen molar-refractivity contribution in [2.45, 2.75) is 25.7 Å². The lowest BCUT2D eigenvalue weighted by Crippen LogP contribution is -2.26. The summed E-state index contributed by atoms with van der Waals surface area (Å²) in [7, 11) is 0. The molecule has 0 saturated heterocycles. The van der Waals surface area contributed by atoms with E-state index in [-0.39, 0.29) is 0 Å². The maximum absolute atomic E-state index is 13.4. The second-order valence-corrected chi connectivity index (χ2v) is 4.40. The third-order valence-corrected chi connectivity index (χ3v) is 2.48. The number of benzene rings is 1. The lowest BCUT2D eigenvalue weighted by Gasteiger charge is -2.24. The van der Waals surface area contributed by atoms with Gasteiger partial charge in [0, 0.05) is 11.0 Å². The predicted molar refractivity (Wildman–Crippen MR) is 51.5 cm³/mol. The highest BCUT2D eigenvalue weighted by atomic mass is 19.2. The molecule has 0 unspecified atom stereocenters. The highest BCUT2D eigenvalue weighted by Gasteiger charge is 2.36. The van der Waals surface area contributed by atoms with Gasteiger partial charge in [0.2, 0.25) is 5.82 Å². The van der Waals surface area contributed by atoms with E-state index in [2.05, 4.69) is 0 Å². The molecule has 0 bridgehead atoms. The highest BCUT2D eigenvalue weighted by molar-refractivity contribution is 5.69. The normalized spacial score (nSPS) is 11.7. The first kappa shape index (κ1) is 14.4. The summed E-state index contributed by atoms with van der Waals surface area (Å²) < 4.78 is 65.6. The van der Waals surface area contributed by atoms with E-state index in [1.807, 2.05) is 0 Å². The number of hydrogen-bond acceptors (Lipinski definition) is 1. The number of carboxylic acid groups (broad SMARTS) is 1. The number of carboxylic acids is 1. The molecular weight excluding hydrogens is 259 g/mol. The molecule has 2 nitrogen and oxygen atoms in total. The van der Waals surface area contributed by atoms with Gasteiger partial charge in [-0.3, -0.25) is 4.79 Å². The SMILES string of the molecule is CC(C)(CC(=O)O)c1c(F)c(F)c(F)c(F)c1F. The fraction of sp³-hybridized carbons (Fsp3) is 0.364. The van der Waals surface area contributed by atoms with Gasteiger partial charge in [-0.2, -0.15) is 0 Å². The van der Waals surface area contributed by atoms with Crippen molar-refractivity contribution in [1.82, 2.24) is 0 Å². The molecule has 1 aromatic rings. The minimum Gasteiger partial charge on any atom is -0.481 e. The molecule has 0 radical (unpaired) electrons. The molecule has 1 N–H and O–H groups in total. The second kappa shape index (κ2) is 4.55. The summed E-state index contributed by atoms with van der Waals surface area (Å²) in [5, 5.41) is 8.58. The van der Waals surface area contributed by atoms with Gasteiger partial charge in [0.1, 0.15) is 0 Å². The number of carbonyl (C=O) groups is 1. The average Bonchev–Trinajstić information content (AvgIpc) is 2.21. The topological polar surface area (TPSA) is 37.3 Å². The zero-order valence-electron chi connectivity index (χ0n) is 9.45. The van der Waals surface area contributed by atoms with Crippen molar-refractivity contribution in [2.24, 2.45) is 0 Å². The first-order valence-electron chi connectivity index (χ1n) is 4.83. The molecule has 0 spiro atoms. The standard InChI is InChI=1S/C11H9F5O2/c1-11(2,3-4(17)18)5-6(12)8(14)10(16)9(15)7(5)13/h3H2,1-2H3,(H,17,18). The van der Waals surface area contributed by atoms with Crippen molar-refractivity contribution >= 4 is 5.97 Å². The zero-order chi connectivity index (χ0) is 14.2. The van der Waals surface area contributed by atoms with E-state index in [9.17, 15) is 26.7 Å². The third kappa shape index (κ3) is 2.30. The van der Waals surface area contributed by atoms with Gasteiger partial charge in [0.25, 0.3) is 0 Å². The van der Waals surface area contributed by atoms with Crippen LogP contribution in [-0.4, -0.2) is 11.1 Å². The fourth-order valence-corrected chi connectivity index (χ4v) is 1.67. The van der Waals surface area contributed by atoms with Crippen LogP contribution in [0, 0.1) is 29.1 Å². The summed E-state index contributed by atoms with van der Waals surface area (Å²) in [4.78, 5) is 10.5. The van der Waals surface area contributed by atoms with Crippen LogP contribution < -0.4 is 0 Å². The van der Waals surface area contributed by atoms with Crippen molar-refractivity contribution in [3.05, 3.63) is 34.6 Å². The molecule has 18 heavy (non-hydrogen) atoms. The Kier molecular flexibility index (Phi) is 3.64. The van der Waals surface area contributed by atoms with E-state index < -0.39 is 52.5 Å². The maximum atomic E-state index is 13.4. The molecule has 7 heteroatoms. The van der Waals surface area contributed by atoms with Crippen LogP contribution >= 0.6 is 0 Å². The van der Waals surface area contributed by atoms with Gasteiger partial charge < -0.3 is 5.11 Å². The van der Waals surface area contributed by atoms with E-state index >= 15 is 0 Å². The molecule has 0 heterocycles. The highest BCUT2D eigenvalue weighted by Crippen LogP contribution is 2.34. The quantitative estimate of drug-likeness (QED) is 0.519. The van der Waals surface area contributed by atoms with E-state index in [4.69, 9.17) is 5.11 Å². The van der Waals surface area contributed by atoms with Crippen LogP contribution in [0.2, 0.25) is 0 Å². The lowest BCUT2D eigenvalue weighted by molar-refractivity contribution is -0.138. The van der Waals surface area contributed by atoms with Crippen LogP contribution in [0.3, 0.4) is 0 Å². The van der Waals surface area contributed by atoms with Gasteiger partial charge in [-0.25, -0.2) is 22.0 Å². The van der Waals surface area contributed by atoms with Gasteiger partial charge in [0.15, 0.2) is 23.3 Å². The first-order chi connectivity index (χ1) is 8.09. The number of rotatable bonds is 3. The van der Waals surface area contributed by atoms with Crippen LogP contribution in [0.1, 0.15) is 25.8 Å². The van der Waals surface area contributed by atoms with Crippen molar-refractivity contribution in [2.75, 3.05) is 0 Å². The largest absolute Gasteiger partial charge is 0.481 e. The van der Waals surface area contributed by atoms with Gasteiger partial charge in [0.05, 0.1) is 6.42 Å². The van der Waals surface area contributed by atoms with Crippen LogP contribution in [0.15, 0.2) is 0 Å². The number of hydrogen-bond donors (Lipinski definition) is 1. The van der Waals surface area contributed by atoms with E-state index in [1.54, 1.807) is 0 Å². The van der Waals surface area contributed by atoms with Crippen molar-refractivity contribution in [3.8, 4) is 0 Å². The van der Waals surface area contributed by atoms with E-state index in [0.717, 1.165) is 13.8 Å². The zero-order valence-corrected chi connectivity index (χ0v) is 9.45. The lowest BCUT2D eigenvalue weighted by atomic mass is 9.80. The Balaban J connectivity index is 3.55. The predicted octanol–water partition coefficient (Wildman–Crippen LogP) is 3.13. The summed E-state index contributed by atoms with van der Waals surface area (Å²) in [5.74, 6) is -11.8. The third-order valence-electron chi connectivity index (χ3n) is 2.48.